The molecule has 1 aliphatic rings. The van der Waals surface area contributed by atoms with Crippen LogP contribution in [0.4, 0.5) is 0 Å². The average molecular weight is 435 g/mol. The van der Waals surface area contributed by atoms with Crippen molar-refractivity contribution >= 4 is 15.9 Å². The van der Waals surface area contributed by atoms with Gasteiger partial charge in [0.1, 0.15) is 11.8 Å². The molecule has 0 saturated carbocycles. The maximum absolute atomic E-state index is 12.9. The maximum atomic E-state index is 12.9. The highest BCUT2D eigenvalue weighted by Crippen LogP contribution is 2.21. The van der Waals surface area contributed by atoms with Crippen molar-refractivity contribution in [2.75, 3.05) is 39.0 Å². The molecule has 1 saturated heterocycles. The summed E-state index contributed by atoms with van der Waals surface area (Å²) in [6.45, 7) is 5.15. The summed E-state index contributed by atoms with van der Waals surface area (Å²) < 4.78 is 31.3. The summed E-state index contributed by atoms with van der Waals surface area (Å²) in [6.07, 6.45) is 1.16. The van der Waals surface area contributed by atoms with Gasteiger partial charge in [0.05, 0.1) is 18.6 Å². The second kappa shape index (κ2) is 8.97. The Kier molecular flexibility index (Phi) is 6.57. The van der Waals surface area contributed by atoms with Crippen LogP contribution in [0, 0.1) is 0 Å². The van der Waals surface area contributed by atoms with Crippen LogP contribution in [-0.4, -0.2) is 72.4 Å². The number of rotatable bonds is 6. The van der Waals surface area contributed by atoms with E-state index in [1.54, 1.807) is 17.9 Å². The number of piperazine rings is 1. The average Bonchev–Trinajstić information content (AvgIpc) is 2.73. The number of sulfonamides is 1. The molecule has 0 aliphatic carbocycles. The summed E-state index contributed by atoms with van der Waals surface area (Å²) in [5, 5.41) is 4.40. The van der Waals surface area contributed by atoms with Crippen molar-refractivity contribution in [3.8, 4) is 17.0 Å². The molecule has 2 heterocycles. The third-order valence-corrected chi connectivity index (χ3v) is 6.33. The van der Waals surface area contributed by atoms with Gasteiger partial charge in [-0.05, 0) is 44.2 Å². The molecule has 30 heavy (non-hydrogen) atoms. The molecular weight excluding hydrogens is 408 g/mol. The third kappa shape index (κ3) is 4.88. The number of nitrogens with zero attached hydrogens (tertiary/aromatic N) is 4. The van der Waals surface area contributed by atoms with Gasteiger partial charge in [0, 0.05) is 37.8 Å². The predicted octanol–water partition coefficient (Wildman–Crippen LogP) is 0.974. The molecule has 1 aromatic heterocycles. The summed E-state index contributed by atoms with van der Waals surface area (Å²) in [5.41, 5.74) is 0.994. The molecular formula is C20H26N4O5S. The minimum atomic E-state index is -3.28. The van der Waals surface area contributed by atoms with E-state index in [0.717, 1.165) is 17.6 Å². The number of carbonyl (C=O) groups excluding carboxylic acids is 1. The van der Waals surface area contributed by atoms with Crippen LogP contribution in [0.15, 0.2) is 41.2 Å². The van der Waals surface area contributed by atoms with E-state index in [9.17, 15) is 18.0 Å². The van der Waals surface area contributed by atoms with Crippen molar-refractivity contribution in [3.05, 3.63) is 46.8 Å². The van der Waals surface area contributed by atoms with Gasteiger partial charge in [-0.3, -0.25) is 9.59 Å². The van der Waals surface area contributed by atoms with E-state index in [2.05, 4.69) is 5.10 Å². The molecule has 1 aromatic carbocycles. The Hall–Kier alpha value is -2.72. The van der Waals surface area contributed by atoms with Crippen LogP contribution >= 0.6 is 0 Å². The Bertz CT molecular complexity index is 1060. The lowest BCUT2D eigenvalue weighted by atomic mass is 10.1. The number of hydrogen-bond donors (Lipinski definition) is 0. The Balaban J connectivity index is 1.77. The summed E-state index contributed by atoms with van der Waals surface area (Å²) in [6, 6.07) is 9.56. The summed E-state index contributed by atoms with van der Waals surface area (Å²) in [7, 11) is -3.28. The van der Waals surface area contributed by atoms with Crippen LogP contribution in [0.2, 0.25) is 0 Å². The first-order valence-electron chi connectivity index (χ1n) is 9.77. The van der Waals surface area contributed by atoms with Crippen LogP contribution in [0.5, 0.6) is 5.75 Å². The van der Waals surface area contributed by atoms with Gasteiger partial charge >= 0.3 is 0 Å². The summed E-state index contributed by atoms with van der Waals surface area (Å²) in [4.78, 5) is 26.9. The molecule has 2 aromatic rings. The van der Waals surface area contributed by atoms with E-state index in [4.69, 9.17) is 4.74 Å². The fourth-order valence-corrected chi connectivity index (χ4v) is 4.18. The Morgan fingerprint density at radius 2 is 1.73 bits per heavy atom. The van der Waals surface area contributed by atoms with E-state index in [-0.39, 0.29) is 37.6 Å². The van der Waals surface area contributed by atoms with Crippen LogP contribution in [0.1, 0.15) is 19.9 Å². The molecule has 162 valence electrons. The molecule has 1 aliphatic heterocycles. The van der Waals surface area contributed by atoms with Gasteiger partial charge in [0.25, 0.3) is 5.56 Å². The second-order valence-electron chi connectivity index (χ2n) is 7.12. The number of ether oxygens (including phenoxy) is 1. The highest BCUT2D eigenvalue weighted by molar-refractivity contribution is 7.88. The minimum Gasteiger partial charge on any atom is -0.494 e. The lowest BCUT2D eigenvalue weighted by molar-refractivity contribution is -0.135. The zero-order valence-electron chi connectivity index (χ0n) is 17.3. The zero-order chi connectivity index (χ0) is 21.9. The molecule has 0 N–H and O–H groups in total. The van der Waals surface area contributed by atoms with Crippen LogP contribution in [0.25, 0.3) is 11.3 Å². The second-order valence-corrected chi connectivity index (χ2v) is 9.10. The standard InChI is InChI=1S/C20H26N4O5S/c1-4-29-17-7-5-16(6-8-17)18-9-10-19(25)24(21-18)15(2)20(26)22-11-13-23(14-12-22)30(3,27)28/h5-10,15H,4,11-14H2,1-3H3. The third-order valence-electron chi connectivity index (χ3n) is 5.03. The van der Waals surface area contributed by atoms with Crippen molar-refractivity contribution in [2.24, 2.45) is 0 Å². The van der Waals surface area contributed by atoms with Gasteiger partial charge < -0.3 is 9.64 Å². The summed E-state index contributed by atoms with van der Waals surface area (Å²) in [5.74, 6) is 0.480. The van der Waals surface area contributed by atoms with Crippen molar-refractivity contribution in [1.82, 2.24) is 19.0 Å². The first-order chi connectivity index (χ1) is 14.2. The normalized spacial score (nSPS) is 16.3. The number of amides is 1. The lowest BCUT2D eigenvalue weighted by Gasteiger charge is -2.34. The Morgan fingerprint density at radius 1 is 1.10 bits per heavy atom. The molecule has 1 unspecified atom stereocenters. The maximum Gasteiger partial charge on any atom is 0.267 e. The fraction of sp³-hybridized carbons (Fsp3) is 0.450. The minimum absolute atomic E-state index is 0.242. The molecule has 0 spiro atoms. The summed E-state index contributed by atoms with van der Waals surface area (Å²) >= 11 is 0. The quantitative estimate of drug-likeness (QED) is 0.672. The first-order valence-corrected chi connectivity index (χ1v) is 11.6. The lowest BCUT2D eigenvalue weighted by Crippen LogP contribution is -2.52. The highest BCUT2D eigenvalue weighted by Gasteiger charge is 2.29. The van der Waals surface area contributed by atoms with Crippen molar-refractivity contribution in [2.45, 2.75) is 19.9 Å². The van der Waals surface area contributed by atoms with E-state index in [1.165, 1.54) is 15.1 Å². The van der Waals surface area contributed by atoms with Crippen LogP contribution in [0.3, 0.4) is 0 Å². The number of hydrogen-bond acceptors (Lipinski definition) is 6. The monoisotopic (exact) mass is 434 g/mol. The van der Waals surface area contributed by atoms with Gasteiger partial charge in [-0.25, -0.2) is 13.1 Å². The van der Waals surface area contributed by atoms with Gasteiger partial charge in [-0.1, -0.05) is 0 Å². The Morgan fingerprint density at radius 3 is 2.30 bits per heavy atom. The van der Waals surface area contributed by atoms with Crippen LogP contribution in [-0.2, 0) is 14.8 Å². The van der Waals surface area contributed by atoms with Gasteiger partial charge in [0.15, 0.2) is 0 Å². The zero-order valence-corrected chi connectivity index (χ0v) is 18.1. The SMILES string of the molecule is CCOc1ccc(-c2ccc(=O)n(C(C)C(=O)N3CCN(S(C)(=O)=O)CC3)n2)cc1. The van der Waals surface area contributed by atoms with Crippen molar-refractivity contribution in [3.63, 3.8) is 0 Å². The van der Waals surface area contributed by atoms with E-state index in [1.807, 2.05) is 31.2 Å². The molecule has 1 fully saturated rings. The highest BCUT2D eigenvalue weighted by atomic mass is 32.2. The fourth-order valence-electron chi connectivity index (χ4n) is 3.35. The van der Waals surface area contributed by atoms with E-state index >= 15 is 0 Å². The van der Waals surface area contributed by atoms with E-state index in [0.29, 0.717) is 12.3 Å². The van der Waals surface area contributed by atoms with Gasteiger partial charge in [0.2, 0.25) is 15.9 Å². The van der Waals surface area contributed by atoms with Crippen molar-refractivity contribution in [1.29, 1.82) is 0 Å². The predicted molar refractivity (Wildman–Crippen MR) is 113 cm³/mol. The molecule has 0 bridgehead atoms. The topological polar surface area (TPSA) is 102 Å². The van der Waals surface area contributed by atoms with Gasteiger partial charge in [-0.15, -0.1) is 0 Å². The van der Waals surface area contributed by atoms with Crippen molar-refractivity contribution < 1.29 is 17.9 Å². The number of benzene rings is 1. The van der Waals surface area contributed by atoms with E-state index < -0.39 is 16.1 Å². The molecule has 10 heteroatoms. The molecule has 0 radical (unpaired) electrons. The number of aromatic nitrogens is 2. The molecule has 1 amide bonds. The first kappa shape index (κ1) is 22.0. The van der Waals surface area contributed by atoms with Crippen LogP contribution < -0.4 is 10.3 Å². The molecule has 3 rings (SSSR count). The number of carbonyl (C=O) groups is 1. The smallest absolute Gasteiger partial charge is 0.267 e. The molecule has 9 nitrogen and oxygen atoms in total. The molecule has 1 atom stereocenters. The Labute approximate surface area is 175 Å². The largest absolute Gasteiger partial charge is 0.494 e. The van der Waals surface area contributed by atoms with Gasteiger partial charge in [-0.2, -0.15) is 9.40 Å².